The van der Waals surface area contributed by atoms with Crippen LogP contribution in [-0.2, 0) is 4.79 Å². The predicted octanol–water partition coefficient (Wildman–Crippen LogP) is 3.96. The number of hydrogen-bond donors (Lipinski definition) is 0. The van der Waals surface area contributed by atoms with Crippen LogP contribution in [0.2, 0.25) is 0 Å². The van der Waals surface area contributed by atoms with Crippen molar-refractivity contribution in [1.29, 1.82) is 0 Å². The zero-order valence-corrected chi connectivity index (χ0v) is 12.6. The molecule has 110 valence electrons. The highest BCUT2D eigenvalue weighted by molar-refractivity contribution is 5.89. The molecule has 2 unspecified atom stereocenters. The normalized spacial score (nSPS) is 21.4. The van der Waals surface area contributed by atoms with Gasteiger partial charge in [-0.05, 0) is 30.5 Å². The first kappa shape index (κ1) is 14.9. The van der Waals surface area contributed by atoms with Crippen LogP contribution in [0.15, 0.2) is 18.2 Å². The summed E-state index contributed by atoms with van der Waals surface area (Å²) in [6.45, 7) is 7.56. The number of benzene rings is 1. The molecule has 1 aromatic carbocycles. The Kier molecular flexibility index (Phi) is 5.05. The fourth-order valence-corrected chi connectivity index (χ4v) is 2.46. The van der Waals surface area contributed by atoms with Gasteiger partial charge in [-0.3, -0.25) is 4.79 Å². The fourth-order valence-electron chi connectivity index (χ4n) is 2.46. The molecular formula is C17H24O3. The third kappa shape index (κ3) is 3.14. The Bertz CT molecular complexity index is 467. The van der Waals surface area contributed by atoms with Crippen LogP contribution in [-0.4, -0.2) is 19.0 Å². The molecule has 0 N–H and O–H groups in total. The minimum atomic E-state index is 0.136. The summed E-state index contributed by atoms with van der Waals surface area (Å²) in [6.07, 6.45) is 2.60. The van der Waals surface area contributed by atoms with Gasteiger partial charge < -0.3 is 9.47 Å². The monoisotopic (exact) mass is 276 g/mol. The maximum atomic E-state index is 11.4. The largest absolute Gasteiger partial charge is 0.490 e. The van der Waals surface area contributed by atoms with E-state index >= 15 is 0 Å². The summed E-state index contributed by atoms with van der Waals surface area (Å²) >= 11 is 0. The van der Waals surface area contributed by atoms with E-state index in [1.807, 2.05) is 19.1 Å². The van der Waals surface area contributed by atoms with Crippen molar-refractivity contribution in [2.75, 3.05) is 13.2 Å². The number of ketones is 1. The van der Waals surface area contributed by atoms with Crippen LogP contribution in [0.4, 0.5) is 0 Å². The van der Waals surface area contributed by atoms with E-state index in [4.69, 9.17) is 9.47 Å². The first-order valence-electron chi connectivity index (χ1n) is 7.59. The quantitative estimate of drug-likeness (QED) is 0.756. The molecule has 3 heteroatoms. The van der Waals surface area contributed by atoms with Gasteiger partial charge in [0.2, 0.25) is 0 Å². The minimum Gasteiger partial charge on any atom is -0.490 e. The van der Waals surface area contributed by atoms with Crippen molar-refractivity contribution in [3.8, 4) is 11.5 Å². The SMILES string of the molecule is CCCOc1ccc(C2CC(=O)C2C)cc1OCCC. The van der Waals surface area contributed by atoms with E-state index in [1.165, 1.54) is 5.56 Å². The third-order valence-corrected chi connectivity index (χ3v) is 3.85. The van der Waals surface area contributed by atoms with Crippen LogP contribution < -0.4 is 9.47 Å². The van der Waals surface area contributed by atoms with Crippen LogP contribution in [0.5, 0.6) is 11.5 Å². The first-order valence-corrected chi connectivity index (χ1v) is 7.59. The molecule has 1 aromatic rings. The molecule has 0 heterocycles. The van der Waals surface area contributed by atoms with Crippen LogP contribution in [0, 0.1) is 5.92 Å². The van der Waals surface area contributed by atoms with E-state index < -0.39 is 0 Å². The molecule has 0 aromatic heterocycles. The zero-order valence-electron chi connectivity index (χ0n) is 12.6. The lowest BCUT2D eigenvalue weighted by Gasteiger charge is -2.32. The maximum absolute atomic E-state index is 11.4. The maximum Gasteiger partial charge on any atom is 0.161 e. The average Bonchev–Trinajstić information content (AvgIpc) is 2.48. The van der Waals surface area contributed by atoms with Crippen LogP contribution in [0.3, 0.4) is 0 Å². The topological polar surface area (TPSA) is 35.5 Å². The molecule has 0 bridgehead atoms. The summed E-state index contributed by atoms with van der Waals surface area (Å²) in [5.74, 6) is 2.45. The molecule has 0 amide bonds. The lowest BCUT2D eigenvalue weighted by molar-refractivity contribution is -0.130. The molecule has 1 aliphatic rings. The molecule has 0 aliphatic heterocycles. The zero-order chi connectivity index (χ0) is 14.5. The Morgan fingerprint density at radius 3 is 2.30 bits per heavy atom. The van der Waals surface area contributed by atoms with Gasteiger partial charge in [0.1, 0.15) is 5.78 Å². The third-order valence-electron chi connectivity index (χ3n) is 3.85. The van der Waals surface area contributed by atoms with E-state index in [1.54, 1.807) is 0 Å². The van der Waals surface area contributed by atoms with Gasteiger partial charge in [-0.2, -0.15) is 0 Å². The van der Waals surface area contributed by atoms with E-state index in [0.717, 1.165) is 24.3 Å². The highest BCUT2D eigenvalue weighted by Gasteiger charge is 2.37. The van der Waals surface area contributed by atoms with Crippen LogP contribution >= 0.6 is 0 Å². The summed E-state index contributed by atoms with van der Waals surface area (Å²) in [5.41, 5.74) is 1.19. The van der Waals surface area contributed by atoms with Gasteiger partial charge in [-0.1, -0.05) is 26.8 Å². The number of rotatable bonds is 7. The van der Waals surface area contributed by atoms with E-state index in [0.29, 0.717) is 31.3 Å². The highest BCUT2D eigenvalue weighted by atomic mass is 16.5. The standard InChI is InChI=1S/C17H24O3/c1-4-8-19-16-7-6-13(10-17(16)20-9-5-2)14-11-15(18)12(14)3/h6-7,10,12,14H,4-5,8-9,11H2,1-3H3. The van der Waals surface area contributed by atoms with Crippen LogP contribution in [0.25, 0.3) is 0 Å². The van der Waals surface area contributed by atoms with Crippen molar-refractivity contribution < 1.29 is 14.3 Å². The number of Topliss-reactive ketones (excluding diaryl/α,β-unsaturated/α-hetero) is 1. The summed E-state index contributed by atoms with van der Waals surface area (Å²) < 4.78 is 11.5. The van der Waals surface area contributed by atoms with Gasteiger partial charge in [-0.25, -0.2) is 0 Å². The molecule has 1 aliphatic carbocycles. The van der Waals surface area contributed by atoms with Gasteiger partial charge in [-0.15, -0.1) is 0 Å². The molecule has 2 atom stereocenters. The van der Waals surface area contributed by atoms with Gasteiger partial charge in [0.05, 0.1) is 13.2 Å². The lowest BCUT2D eigenvalue weighted by atomic mass is 9.70. The van der Waals surface area contributed by atoms with Crippen LogP contribution in [0.1, 0.15) is 51.5 Å². The van der Waals surface area contributed by atoms with Gasteiger partial charge in [0, 0.05) is 18.3 Å². The number of hydrogen-bond acceptors (Lipinski definition) is 3. The predicted molar refractivity (Wildman–Crippen MR) is 79.5 cm³/mol. The molecule has 0 radical (unpaired) electrons. The summed E-state index contributed by atoms with van der Waals surface area (Å²) in [6, 6.07) is 6.09. The number of ether oxygens (including phenoxy) is 2. The first-order chi connectivity index (χ1) is 9.67. The smallest absolute Gasteiger partial charge is 0.161 e. The Morgan fingerprint density at radius 2 is 1.75 bits per heavy atom. The average molecular weight is 276 g/mol. The molecule has 20 heavy (non-hydrogen) atoms. The molecule has 1 saturated carbocycles. The Balaban J connectivity index is 2.16. The van der Waals surface area contributed by atoms with Crippen molar-refractivity contribution >= 4 is 5.78 Å². The molecular weight excluding hydrogens is 252 g/mol. The van der Waals surface area contributed by atoms with E-state index in [9.17, 15) is 4.79 Å². The summed E-state index contributed by atoms with van der Waals surface area (Å²) in [4.78, 5) is 11.4. The van der Waals surface area contributed by atoms with Crippen molar-refractivity contribution in [2.24, 2.45) is 5.92 Å². The summed E-state index contributed by atoms with van der Waals surface area (Å²) in [5, 5.41) is 0. The lowest BCUT2D eigenvalue weighted by Crippen LogP contribution is -2.32. The van der Waals surface area contributed by atoms with E-state index in [-0.39, 0.29) is 5.92 Å². The minimum absolute atomic E-state index is 0.136. The molecule has 2 rings (SSSR count). The van der Waals surface area contributed by atoms with Gasteiger partial charge in [0.15, 0.2) is 11.5 Å². The van der Waals surface area contributed by atoms with Crippen molar-refractivity contribution in [3.63, 3.8) is 0 Å². The second-order valence-electron chi connectivity index (χ2n) is 5.47. The van der Waals surface area contributed by atoms with E-state index in [2.05, 4.69) is 19.9 Å². The second kappa shape index (κ2) is 6.78. The van der Waals surface area contributed by atoms with Gasteiger partial charge in [0.25, 0.3) is 0 Å². The molecule has 0 saturated heterocycles. The summed E-state index contributed by atoms with van der Waals surface area (Å²) in [7, 11) is 0. The Labute approximate surface area is 121 Å². The molecule has 0 spiro atoms. The Hall–Kier alpha value is -1.51. The second-order valence-corrected chi connectivity index (χ2v) is 5.47. The molecule has 3 nitrogen and oxygen atoms in total. The fraction of sp³-hybridized carbons (Fsp3) is 0.588. The van der Waals surface area contributed by atoms with Crippen molar-refractivity contribution in [3.05, 3.63) is 23.8 Å². The van der Waals surface area contributed by atoms with Gasteiger partial charge >= 0.3 is 0 Å². The highest BCUT2D eigenvalue weighted by Crippen LogP contribution is 2.42. The number of carbonyl (C=O) groups excluding carboxylic acids is 1. The number of carbonyl (C=O) groups is 1. The molecule has 1 fully saturated rings. The van der Waals surface area contributed by atoms with Crippen molar-refractivity contribution in [1.82, 2.24) is 0 Å². The van der Waals surface area contributed by atoms with Crippen molar-refractivity contribution in [2.45, 2.75) is 46.0 Å². The Morgan fingerprint density at radius 1 is 1.10 bits per heavy atom.